The number of amides is 1. The third-order valence-corrected chi connectivity index (χ3v) is 2.88. The van der Waals surface area contributed by atoms with Gasteiger partial charge >= 0.3 is 0 Å². The van der Waals surface area contributed by atoms with Crippen LogP contribution in [0.25, 0.3) is 0 Å². The van der Waals surface area contributed by atoms with E-state index < -0.39 is 0 Å². The van der Waals surface area contributed by atoms with Gasteiger partial charge in [0.15, 0.2) is 0 Å². The van der Waals surface area contributed by atoms with E-state index in [9.17, 15) is 4.79 Å². The Morgan fingerprint density at radius 1 is 1.45 bits per heavy atom. The van der Waals surface area contributed by atoms with Crippen LogP contribution >= 0.6 is 0 Å². The van der Waals surface area contributed by atoms with Gasteiger partial charge in [0.05, 0.1) is 23.8 Å². The van der Waals surface area contributed by atoms with E-state index in [0.717, 1.165) is 29.9 Å². The van der Waals surface area contributed by atoms with Crippen LogP contribution in [0.1, 0.15) is 35.0 Å². The van der Waals surface area contributed by atoms with Gasteiger partial charge < -0.3 is 15.1 Å². The lowest BCUT2D eigenvalue weighted by molar-refractivity contribution is 0.0951. The maximum absolute atomic E-state index is 12.2. The predicted molar refractivity (Wildman–Crippen MR) is 77.6 cm³/mol. The molecule has 0 aromatic carbocycles. The highest BCUT2D eigenvalue weighted by Gasteiger charge is 2.12. The van der Waals surface area contributed by atoms with Crippen molar-refractivity contribution in [1.82, 2.24) is 10.3 Å². The summed E-state index contributed by atoms with van der Waals surface area (Å²) in [5, 5.41) is 6.12. The molecule has 2 aromatic rings. The molecular formula is C15H19N3O2. The Bertz CT molecular complexity index is 565. The van der Waals surface area contributed by atoms with E-state index in [4.69, 9.17) is 4.42 Å². The maximum Gasteiger partial charge on any atom is 0.255 e. The van der Waals surface area contributed by atoms with Gasteiger partial charge in [0.1, 0.15) is 0 Å². The van der Waals surface area contributed by atoms with Crippen molar-refractivity contribution in [3.8, 4) is 0 Å². The van der Waals surface area contributed by atoms with E-state index in [1.807, 2.05) is 19.1 Å². The Labute approximate surface area is 118 Å². The second kappa shape index (κ2) is 6.75. The molecule has 106 valence electrons. The van der Waals surface area contributed by atoms with E-state index in [1.165, 1.54) is 0 Å². The van der Waals surface area contributed by atoms with Gasteiger partial charge in [-0.3, -0.25) is 9.78 Å². The first kappa shape index (κ1) is 14.1. The van der Waals surface area contributed by atoms with Crippen LogP contribution in [0, 0.1) is 6.92 Å². The molecule has 1 amide bonds. The summed E-state index contributed by atoms with van der Waals surface area (Å²) in [4.78, 5) is 16.4. The van der Waals surface area contributed by atoms with Crippen molar-refractivity contribution in [2.75, 3.05) is 11.9 Å². The minimum Gasteiger partial charge on any atom is -0.472 e. The lowest BCUT2D eigenvalue weighted by atomic mass is 10.2. The molecule has 0 radical (unpaired) electrons. The summed E-state index contributed by atoms with van der Waals surface area (Å²) in [6.07, 6.45) is 5.81. The van der Waals surface area contributed by atoms with Gasteiger partial charge in [-0.25, -0.2) is 0 Å². The molecule has 20 heavy (non-hydrogen) atoms. The highest BCUT2D eigenvalue weighted by Crippen LogP contribution is 2.16. The van der Waals surface area contributed by atoms with Crippen LogP contribution < -0.4 is 10.6 Å². The van der Waals surface area contributed by atoms with Gasteiger partial charge in [-0.2, -0.15) is 0 Å². The number of pyridine rings is 1. The van der Waals surface area contributed by atoms with Crippen molar-refractivity contribution in [3.05, 3.63) is 47.7 Å². The number of hydrogen-bond donors (Lipinski definition) is 2. The fourth-order valence-corrected chi connectivity index (χ4v) is 1.82. The Kier molecular flexibility index (Phi) is 4.76. The molecule has 0 saturated heterocycles. The normalized spacial score (nSPS) is 10.3. The quantitative estimate of drug-likeness (QED) is 0.849. The molecule has 0 aliphatic heterocycles. The third kappa shape index (κ3) is 3.60. The van der Waals surface area contributed by atoms with Gasteiger partial charge in [0.2, 0.25) is 0 Å². The van der Waals surface area contributed by atoms with Crippen LogP contribution in [0.4, 0.5) is 5.69 Å². The van der Waals surface area contributed by atoms with Crippen LogP contribution in [0.2, 0.25) is 0 Å². The standard InChI is InChI=1S/C15H19N3O2/c1-3-5-16-14-7-11(2)17-9-13(14)15(19)18-8-12-4-6-20-10-12/h4,6-7,9-10H,3,5,8H2,1-2H3,(H,16,17)(H,18,19). The second-order valence-corrected chi connectivity index (χ2v) is 4.61. The molecule has 0 bridgehead atoms. The molecule has 0 aliphatic rings. The first-order valence-corrected chi connectivity index (χ1v) is 6.70. The maximum atomic E-state index is 12.2. The summed E-state index contributed by atoms with van der Waals surface area (Å²) in [5.41, 5.74) is 3.20. The molecule has 0 fully saturated rings. The van der Waals surface area contributed by atoms with Gasteiger partial charge in [0, 0.05) is 30.5 Å². The molecule has 0 spiro atoms. The number of aromatic nitrogens is 1. The SMILES string of the molecule is CCCNc1cc(C)ncc1C(=O)NCc1ccoc1. The minimum absolute atomic E-state index is 0.141. The summed E-state index contributed by atoms with van der Waals surface area (Å²) >= 11 is 0. The average molecular weight is 273 g/mol. The van der Waals surface area contributed by atoms with E-state index in [0.29, 0.717) is 12.1 Å². The zero-order valence-electron chi connectivity index (χ0n) is 11.8. The number of carbonyl (C=O) groups excluding carboxylic acids is 1. The van der Waals surface area contributed by atoms with Crippen molar-refractivity contribution in [1.29, 1.82) is 0 Å². The smallest absolute Gasteiger partial charge is 0.255 e. The average Bonchev–Trinajstić information content (AvgIpc) is 2.96. The van der Waals surface area contributed by atoms with Crippen molar-refractivity contribution in [3.63, 3.8) is 0 Å². The number of nitrogens with zero attached hydrogens (tertiary/aromatic N) is 1. The fraction of sp³-hybridized carbons (Fsp3) is 0.333. The molecule has 0 aliphatic carbocycles. The van der Waals surface area contributed by atoms with Crippen LogP contribution in [0.15, 0.2) is 35.3 Å². The summed E-state index contributed by atoms with van der Waals surface area (Å²) in [5.74, 6) is -0.141. The Morgan fingerprint density at radius 3 is 3.00 bits per heavy atom. The van der Waals surface area contributed by atoms with Crippen LogP contribution in [-0.2, 0) is 6.54 Å². The van der Waals surface area contributed by atoms with Crippen molar-refractivity contribution in [2.24, 2.45) is 0 Å². The van der Waals surface area contributed by atoms with Crippen LogP contribution in [0.3, 0.4) is 0 Å². The molecule has 5 nitrogen and oxygen atoms in total. The molecule has 2 aromatic heterocycles. The summed E-state index contributed by atoms with van der Waals surface area (Å²) < 4.78 is 4.97. The number of nitrogens with one attached hydrogen (secondary N) is 2. The summed E-state index contributed by atoms with van der Waals surface area (Å²) in [6, 6.07) is 3.71. The zero-order chi connectivity index (χ0) is 14.4. The number of hydrogen-bond acceptors (Lipinski definition) is 4. The van der Waals surface area contributed by atoms with E-state index in [1.54, 1.807) is 18.7 Å². The highest BCUT2D eigenvalue weighted by atomic mass is 16.3. The molecule has 2 rings (SSSR count). The topological polar surface area (TPSA) is 67.2 Å². The molecular weight excluding hydrogens is 254 g/mol. The van der Waals surface area contributed by atoms with Crippen molar-refractivity contribution < 1.29 is 9.21 Å². The van der Waals surface area contributed by atoms with Crippen LogP contribution in [-0.4, -0.2) is 17.4 Å². The number of anilines is 1. The van der Waals surface area contributed by atoms with Gasteiger partial charge in [-0.1, -0.05) is 6.92 Å². The van der Waals surface area contributed by atoms with Gasteiger partial charge in [-0.15, -0.1) is 0 Å². The Hall–Kier alpha value is -2.30. The fourth-order valence-electron chi connectivity index (χ4n) is 1.82. The van der Waals surface area contributed by atoms with Gasteiger partial charge in [0.25, 0.3) is 5.91 Å². The monoisotopic (exact) mass is 273 g/mol. The van der Waals surface area contributed by atoms with E-state index >= 15 is 0 Å². The molecule has 0 unspecified atom stereocenters. The van der Waals surface area contributed by atoms with Crippen LogP contribution in [0.5, 0.6) is 0 Å². The molecule has 5 heteroatoms. The van der Waals surface area contributed by atoms with E-state index in [2.05, 4.69) is 22.5 Å². The zero-order valence-corrected chi connectivity index (χ0v) is 11.8. The second-order valence-electron chi connectivity index (χ2n) is 4.61. The molecule has 0 atom stereocenters. The summed E-state index contributed by atoms with van der Waals surface area (Å²) in [6.45, 7) is 5.26. The molecule has 2 N–H and O–H groups in total. The summed E-state index contributed by atoms with van der Waals surface area (Å²) in [7, 11) is 0. The first-order chi connectivity index (χ1) is 9.70. The predicted octanol–water partition coefficient (Wildman–Crippen LogP) is 2.73. The number of furan rings is 1. The van der Waals surface area contributed by atoms with E-state index in [-0.39, 0.29) is 5.91 Å². The minimum atomic E-state index is -0.141. The number of rotatable bonds is 6. The van der Waals surface area contributed by atoms with Gasteiger partial charge in [-0.05, 0) is 25.5 Å². The van der Waals surface area contributed by atoms with Crippen molar-refractivity contribution >= 4 is 11.6 Å². The highest BCUT2D eigenvalue weighted by molar-refractivity contribution is 5.99. The largest absolute Gasteiger partial charge is 0.472 e. The lowest BCUT2D eigenvalue weighted by Gasteiger charge is -2.11. The lowest BCUT2D eigenvalue weighted by Crippen LogP contribution is -2.24. The third-order valence-electron chi connectivity index (χ3n) is 2.88. The Balaban J connectivity index is 2.07. The van der Waals surface area contributed by atoms with Crippen molar-refractivity contribution in [2.45, 2.75) is 26.8 Å². The molecule has 2 heterocycles. The number of aryl methyl sites for hydroxylation is 1. The molecule has 0 saturated carbocycles. The first-order valence-electron chi connectivity index (χ1n) is 6.70. The Morgan fingerprint density at radius 2 is 2.30 bits per heavy atom. The number of carbonyl (C=O) groups is 1.